The van der Waals surface area contributed by atoms with E-state index in [9.17, 15) is 0 Å². The summed E-state index contributed by atoms with van der Waals surface area (Å²) in [6.45, 7) is 12.7. The largest absolute Gasteiger partial charge is 0.253 e. The van der Waals surface area contributed by atoms with Gasteiger partial charge in [0.2, 0.25) is 0 Å². The molecule has 0 saturated carbocycles. The van der Waals surface area contributed by atoms with Crippen LogP contribution in [0.5, 0.6) is 0 Å². The maximum atomic E-state index is 5.20. The third-order valence-electron chi connectivity index (χ3n) is 7.05. The number of hydrogen-bond acceptors (Lipinski definition) is 3. The molecule has 4 rings (SSSR count). The molecule has 0 saturated heterocycles. The minimum absolute atomic E-state index is 0.912. The molecular formula is C36H39N3. The number of unbranched alkanes of at least 4 members (excludes halogenated alkanes) is 1. The number of para-hydroxylation sites is 3. The lowest BCUT2D eigenvalue weighted by atomic mass is 9.95. The second kappa shape index (κ2) is 13.1. The maximum absolute atomic E-state index is 5.20. The monoisotopic (exact) mass is 513 g/mol. The van der Waals surface area contributed by atoms with Gasteiger partial charge in [-0.15, -0.1) is 0 Å². The fourth-order valence-electron chi connectivity index (χ4n) is 4.52. The second-order valence-electron chi connectivity index (χ2n) is 10.2. The van der Waals surface area contributed by atoms with Crippen LogP contribution in [0.3, 0.4) is 0 Å². The van der Waals surface area contributed by atoms with Crippen LogP contribution in [0, 0.1) is 20.8 Å². The number of aliphatic imine (C=N–C) groups is 3. The predicted molar refractivity (Wildman–Crippen MR) is 169 cm³/mol. The van der Waals surface area contributed by atoms with Crippen molar-refractivity contribution >= 4 is 34.2 Å². The predicted octanol–water partition coefficient (Wildman–Crippen LogP) is 10.2. The first kappa shape index (κ1) is 27.9. The summed E-state index contributed by atoms with van der Waals surface area (Å²) in [4.78, 5) is 15.2. The van der Waals surface area contributed by atoms with Crippen molar-refractivity contribution in [2.75, 3.05) is 0 Å². The molecule has 0 N–H and O–H groups in total. The number of hydrogen-bond donors (Lipinski definition) is 0. The lowest BCUT2D eigenvalue weighted by Gasteiger charge is -2.14. The molecule has 0 spiro atoms. The summed E-state index contributed by atoms with van der Waals surface area (Å²) in [5.74, 6) is 0. The van der Waals surface area contributed by atoms with Crippen molar-refractivity contribution < 1.29 is 0 Å². The summed E-state index contributed by atoms with van der Waals surface area (Å²) in [6, 6.07) is 31.6. The van der Waals surface area contributed by atoms with E-state index in [4.69, 9.17) is 15.0 Å². The van der Waals surface area contributed by atoms with E-state index in [1.54, 1.807) is 0 Å². The SMILES string of the molecule is CCCCC(=Nc1ccccc1C)c1cc(C(C)=Nc2ccccc2C)cc(C(C)=Nc2ccccc2C)c1. The molecule has 0 radical (unpaired) electrons. The van der Waals surface area contributed by atoms with E-state index in [1.807, 2.05) is 12.1 Å². The van der Waals surface area contributed by atoms with Crippen molar-refractivity contribution in [3.8, 4) is 0 Å². The molecule has 198 valence electrons. The Kier molecular flexibility index (Phi) is 9.38. The Hall–Kier alpha value is -4.11. The van der Waals surface area contributed by atoms with E-state index >= 15 is 0 Å². The van der Waals surface area contributed by atoms with Crippen LogP contribution in [-0.4, -0.2) is 17.1 Å². The lowest BCUT2D eigenvalue weighted by Crippen LogP contribution is -2.08. The lowest BCUT2D eigenvalue weighted by molar-refractivity contribution is 0.835. The van der Waals surface area contributed by atoms with Crippen LogP contribution < -0.4 is 0 Å². The fourth-order valence-corrected chi connectivity index (χ4v) is 4.52. The first-order valence-corrected chi connectivity index (χ1v) is 13.9. The van der Waals surface area contributed by atoms with Crippen LogP contribution in [-0.2, 0) is 0 Å². The van der Waals surface area contributed by atoms with Crippen LogP contribution in [0.25, 0.3) is 0 Å². The highest BCUT2D eigenvalue weighted by Gasteiger charge is 2.13. The topological polar surface area (TPSA) is 37.1 Å². The van der Waals surface area contributed by atoms with Gasteiger partial charge in [0, 0.05) is 17.1 Å². The van der Waals surface area contributed by atoms with Crippen LogP contribution in [0.2, 0.25) is 0 Å². The average Bonchev–Trinajstić information content (AvgIpc) is 2.94. The van der Waals surface area contributed by atoms with Gasteiger partial charge in [-0.05, 0) is 117 Å². The molecule has 0 amide bonds. The van der Waals surface area contributed by atoms with Gasteiger partial charge in [0.1, 0.15) is 0 Å². The van der Waals surface area contributed by atoms with Crippen LogP contribution in [0.15, 0.2) is 106 Å². The van der Waals surface area contributed by atoms with Crippen molar-refractivity contribution in [2.24, 2.45) is 15.0 Å². The van der Waals surface area contributed by atoms with Gasteiger partial charge in [-0.1, -0.05) is 67.9 Å². The van der Waals surface area contributed by atoms with Crippen LogP contribution in [0.4, 0.5) is 17.1 Å². The summed E-state index contributed by atoms with van der Waals surface area (Å²) in [5.41, 5.74) is 12.8. The van der Waals surface area contributed by atoms with Crippen molar-refractivity contribution in [3.05, 3.63) is 124 Å². The number of benzene rings is 4. The van der Waals surface area contributed by atoms with E-state index in [0.717, 1.165) is 81.3 Å². The molecule has 0 heterocycles. The molecule has 0 unspecified atom stereocenters. The van der Waals surface area contributed by atoms with E-state index < -0.39 is 0 Å². The Balaban J connectivity index is 1.89. The summed E-state index contributed by atoms with van der Waals surface area (Å²) < 4.78 is 0. The normalized spacial score (nSPS) is 12.6. The van der Waals surface area contributed by atoms with Gasteiger partial charge in [0.15, 0.2) is 0 Å². The van der Waals surface area contributed by atoms with Gasteiger partial charge in [-0.2, -0.15) is 0 Å². The summed E-state index contributed by atoms with van der Waals surface area (Å²) in [5, 5.41) is 0. The second-order valence-corrected chi connectivity index (χ2v) is 10.2. The van der Waals surface area contributed by atoms with Gasteiger partial charge in [0.25, 0.3) is 0 Å². The van der Waals surface area contributed by atoms with E-state index in [0.29, 0.717) is 0 Å². The zero-order chi connectivity index (χ0) is 27.8. The van der Waals surface area contributed by atoms with Gasteiger partial charge in [-0.3, -0.25) is 15.0 Å². The zero-order valence-corrected chi connectivity index (χ0v) is 24.1. The van der Waals surface area contributed by atoms with Crippen LogP contribution in [0.1, 0.15) is 73.4 Å². The molecule has 0 fully saturated rings. The Morgan fingerprint density at radius 2 is 0.923 bits per heavy atom. The highest BCUT2D eigenvalue weighted by atomic mass is 14.8. The van der Waals surface area contributed by atoms with Crippen molar-refractivity contribution in [3.63, 3.8) is 0 Å². The van der Waals surface area contributed by atoms with Crippen molar-refractivity contribution in [1.29, 1.82) is 0 Å². The Labute approximate surface area is 234 Å². The molecule has 39 heavy (non-hydrogen) atoms. The summed E-state index contributed by atoms with van der Waals surface area (Å²) >= 11 is 0. The zero-order valence-electron chi connectivity index (χ0n) is 24.1. The third-order valence-corrected chi connectivity index (χ3v) is 7.05. The highest BCUT2D eigenvalue weighted by Crippen LogP contribution is 2.25. The molecule has 0 aliphatic rings. The van der Waals surface area contributed by atoms with E-state index in [-0.39, 0.29) is 0 Å². The first-order chi connectivity index (χ1) is 18.9. The van der Waals surface area contributed by atoms with Gasteiger partial charge < -0.3 is 0 Å². The molecule has 4 aromatic rings. The van der Waals surface area contributed by atoms with Gasteiger partial charge >= 0.3 is 0 Å². The summed E-state index contributed by atoms with van der Waals surface area (Å²) in [7, 11) is 0. The van der Waals surface area contributed by atoms with Gasteiger partial charge in [-0.25, -0.2) is 0 Å². The molecule has 0 bridgehead atoms. The van der Waals surface area contributed by atoms with E-state index in [1.165, 1.54) is 5.56 Å². The molecule has 4 aromatic carbocycles. The Morgan fingerprint density at radius 3 is 1.33 bits per heavy atom. The van der Waals surface area contributed by atoms with E-state index in [2.05, 4.69) is 120 Å². The minimum Gasteiger partial charge on any atom is -0.253 e. The minimum atomic E-state index is 0.912. The maximum Gasteiger partial charge on any atom is 0.0662 e. The first-order valence-electron chi connectivity index (χ1n) is 13.9. The Bertz CT molecular complexity index is 1460. The highest BCUT2D eigenvalue weighted by molar-refractivity contribution is 6.10. The van der Waals surface area contributed by atoms with Crippen molar-refractivity contribution in [2.45, 2.75) is 60.8 Å². The average molecular weight is 514 g/mol. The summed E-state index contributed by atoms with van der Waals surface area (Å²) in [6.07, 6.45) is 3.10. The molecule has 0 aliphatic heterocycles. The van der Waals surface area contributed by atoms with Gasteiger partial charge in [0.05, 0.1) is 17.1 Å². The Morgan fingerprint density at radius 1 is 0.538 bits per heavy atom. The fraction of sp³-hybridized carbons (Fsp3) is 0.250. The number of nitrogens with zero attached hydrogens (tertiary/aromatic N) is 3. The smallest absolute Gasteiger partial charge is 0.0662 e. The standard InChI is InChI=1S/C36H39N3/c1-7-8-18-36(39-35-21-14-11-17-27(35)4)32-23-30(28(5)37-33-19-12-9-15-25(33)2)22-31(24-32)29(6)38-34-20-13-10-16-26(34)3/h9-17,19-24H,7-8,18H2,1-6H3. The van der Waals surface area contributed by atoms with Crippen molar-refractivity contribution in [1.82, 2.24) is 0 Å². The quantitative estimate of drug-likeness (QED) is 0.200. The number of rotatable bonds is 9. The molecule has 3 heteroatoms. The molecule has 0 aromatic heterocycles. The van der Waals surface area contributed by atoms with Crippen LogP contribution >= 0.6 is 0 Å². The molecule has 0 atom stereocenters. The molecule has 0 aliphatic carbocycles. The molecule has 3 nitrogen and oxygen atoms in total. The third kappa shape index (κ3) is 7.26. The molecular weight excluding hydrogens is 474 g/mol. The number of aryl methyl sites for hydroxylation is 3.